The minimum absolute atomic E-state index is 0.144. The van der Waals surface area contributed by atoms with E-state index in [0.717, 1.165) is 0 Å². The van der Waals surface area contributed by atoms with Crippen LogP contribution in [-0.2, 0) is 14.4 Å². The molecule has 0 spiro atoms. The number of rotatable bonds is 4. The number of nitrogens with one attached hydrogen (secondary N) is 2. The molecule has 1 aliphatic rings. The Bertz CT molecular complexity index is 397. The lowest BCUT2D eigenvalue weighted by molar-refractivity contribution is -0.140. The van der Waals surface area contributed by atoms with Crippen LogP contribution >= 0.6 is 0 Å². The molecule has 0 aromatic rings. The Morgan fingerprint density at radius 1 is 1.47 bits per heavy atom. The van der Waals surface area contributed by atoms with Crippen LogP contribution in [-0.4, -0.2) is 59.5 Å². The van der Waals surface area contributed by atoms with Crippen molar-refractivity contribution in [1.29, 1.82) is 0 Å². The number of amides is 4. The van der Waals surface area contributed by atoms with E-state index >= 15 is 0 Å². The maximum absolute atomic E-state index is 11.8. The second kappa shape index (κ2) is 6.57. The van der Waals surface area contributed by atoms with E-state index in [1.165, 1.54) is 4.90 Å². The number of carbonyl (C=O) groups is 4. The van der Waals surface area contributed by atoms with Crippen molar-refractivity contribution in [3.8, 4) is 0 Å². The Hall–Kier alpha value is -2.32. The minimum atomic E-state index is -1.39. The predicted molar refractivity (Wildman–Crippen MR) is 63.0 cm³/mol. The fourth-order valence-corrected chi connectivity index (χ4v) is 1.62. The third kappa shape index (κ3) is 4.82. The molecular weight excluding hydrogens is 256 g/mol. The number of hydrogen-bond acceptors (Lipinski definition) is 4. The summed E-state index contributed by atoms with van der Waals surface area (Å²) in [5.41, 5.74) is 4.90. The number of hydrogen-bond donors (Lipinski definition) is 4. The van der Waals surface area contributed by atoms with Gasteiger partial charge in [-0.1, -0.05) is 0 Å². The molecule has 1 aliphatic heterocycles. The SMILES string of the molecule is NC(=O)C[C@@H](NC(=O)N1CCCNC(=O)C1)C(=O)O. The monoisotopic (exact) mass is 272 g/mol. The number of aliphatic carboxylic acids is 1. The van der Waals surface area contributed by atoms with Gasteiger partial charge in [0.25, 0.3) is 0 Å². The summed E-state index contributed by atoms with van der Waals surface area (Å²) in [6, 6.07) is -2.10. The smallest absolute Gasteiger partial charge is 0.326 e. The van der Waals surface area contributed by atoms with Crippen molar-refractivity contribution in [2.75, 3.05) is 19.6 Å². The molecule has 1 atom stereocenters. The zero-order chi connectivity index (χ0) is 14.4. The Morgan fingerprint density at radius 2 is 2.16 bits per heavy atom. The van der Waals surface area contributed by atoms with Gasteiger partial charge in [-0.15, -0.1) is 0 Å². The van der Waals surface area contributed by atoms with E-state index in [1.54, 1.807) is 0 Å². The van der Waals surface area contributed by atoms with Gasteiger partial charge in [0, 0.05) is 13.1 Å². The highest BCUT2D eigenvalue weighted by atomic mass is 16.4. The topological polar surface area (TPSA) is 142 Å². The van der Waals surface area contributed by atoms with Crippen LogP contribution in [0.25, 0.3) is 0 Å². The number of urea groups is 1. The molecule has 0 aromatic carbocycles. The van der Waals surface area contributed by atoms with Crippen LogP contribution in [0.15, 0.2) is 0 Å². The van der Waals surface area contributed by atoms with Gasteiger partial charge in [0.05, 0.1) is 6.42 Å². The first-order chi connectivity index (χ1) is 8.90. The molecule has 5 N–H and O–H groups in total. The quantitative estimate of drug-likeness (QED) is 0.461. The van der Waals surface area contributed by atoms with Gasteiger partial charge in [-0.05, 0) is 6.42 Å². The van der Waals surface area contributed by atoms with Crippen molar-refractivity contribution in [1.82, 2.24) is 15.5 Å². The molecule has 0 aliphatic carbocycles. The average Bonchev–Trinajstić information content (AvgIpc) is 2.52. The van der Waals surface area contributed by atoms with Crippen molar-refractivity contribution in [3.05, 3.63) is 0 Å². The molecule has 1 fully saturated rings. The molecule has 0 aromatic heterocycles. The van der Waals surface area contributed by atoms with E-state index in [-0.39, 0.29) is 12.5 Å². The number of carboxylic acid groups (broad SMARTS) is 1. The summed E-state index contributed by atoms with van der Waals surface area (Å²) in [6.07, 6.45) is 0.0772. The third-order valence-electron chi connectivity index (χ3n) is 2.55. The molecule has 9 heteroatoms. The molecule has 19 heavy (non-hydrogen) atoms. The highest BCUT2D eigenvalue weighted by molar-refractivity contribution is 5.89. The Morgan fingerprint density at radius 3 is 2.74 bits per heavy atom. The summed E-state index contributed by atoms with van der Waals surface area (Å²) in [4.78, 5) is 45.9. The number of carboxylic acids is 1. The van der Waals surface area contributed by atoms with Gasteiger partial charge in [0.15, 0.2) is 0 Å². The minimum Gasteiger partial charge on any atom is -0.480 e. The second-order valence-corrected chi connectivity index (χ2v) is 4.14. The zero-order valence-corrected chi connectivity index (χ0v) is 10.2. The number of nitrogens with two attached hydrogens (primary N) is 1. The lowest BCUT2D eigenvalue weighted by atomic mass is 10.2. The lowest BCUT2D eigenvalue weighted by Gasteiger charge is -2.22. The first-order valence-corrected chi connectivity index (χ1v) is 5.73. The number of primary amides is 1. The van der Waals surface area contributed by atoms with Crippen molar-refractivity contribution >= 4 is 23.8 Å². The zero-order valence-electron chi connectivity index (χ0n) is 10.2. The van der Waals surface area contributed by atoms with Crippen LogP contribution < -0.4 is 16.4 Å². The summed E-state index contributed by atoms with van der Waals surface area (Å²) in [5, 5.41) is 13.6. The van der Waals surface area contributed by atoms with Gasteiger partial charge in [-0.25, -0.2) is 9.59 Å². The Labute approximate surface area is 109 Å². The van der Waals surface area contributed by atoms with Crippen LogP contribution in [0, 0.1) is 0 Å². The van der Waals surface area contributed by atoms with Crippen molar-refractivity contribution in [2.24, 2.45) is 5.73 Å². The molecule has 0 saturated carbocycles. The molecule has 1 saturated heterocycles. The van der Waals surface area contributed by atoms with Gasteiger partial charge in [-0.2, -0.15) is 0 Å². The predicted octanol–water partition coefficient (Wildman–Crippen LogP) is -2.15. The molecule has 0 radical (unpaired) electrons. The van der Waals surface area contributed by atoms with Gasteiger partial charge in [0.1, 0.15) is 12.6 Å². The van der Waals surface area contributed by atoms with Crippen LogP contribution in [0.5, 0.6) is 0 Å². The molecule has 0 bridgehead atoms. The first kappa shape index (κ1) is 14.7. The molecule has 4 amide bonds. The summed E-state index contributed by atoms with van der Waals surface area (Å²) in [6.45, 7) is 0.647. The normalized spacial score (nSPS) is 17.1. The van der Waals surface area contributed by atoms with Crippen LogP contribution in [0.2, 0.25) is 0 Å². The van der Waals surface area contributed by atoms with Crippen LogP contribution in [0.4, 0.5) is 4.79 Å². The molecule has 106 valence electrons. The van der Waals surface area contributed by atoms with E-state index in [0.29, 0.717) is 19.5 Å². The van der Waals surface area contributed by atoms with Crippen LogP contribution in [0.1, 0.15) is 12.8 Å². The Balaban J connectivity index is 2.62. The molecule has 1 heterocycles. The van der Waals surface area contributed by atoms with E-state index in [2.05, 4.69) is 10.6 Å². The average molecular weight is 272 g/mol. The summed E-state index contributed by atoms with van der Waals surface area (Å²) in [7, 11) is 0. The van der Waals surface area contributed by atoms with Crippen molar-refractivity contribution in [3.63, 3.8) is 0 Å². The van der Waals surface area contributed by atoms with Crippen LogP contribution in [0.3, 0.4) is 0 Å². The lowest BCUT2D eigenvalue weighted by Crippen LogP contribution is -2.50. The van der Waals surface area contributed by atoms with Gasteiger partial charge in [-0.3, -0.25) is 9.59 Å². The standard InChI is InChI=1S/C10H16N4O5/c11-7(15)4-6(9(17)18)13-10(19)14-3-1-2-12-8(16)5-14/h6H,1-5H2,(H2,11,15)(H,12,16)(H,13,19)(H,17,18)/t6-/m1/s1. The molecule has 0 unspecified atom stereocenters. The fraction of sp³-hybridized carbons (Fsp3) is 0.600. The fourth-order valence-electron chi connectivity index (χ4n) is 1.62. The number of carbonyl (C=O) groups excluding carboxylic acids is 3. The van der Waals surface area contributed by atoms with Gasteiger partial charge >= 0.3 is 12.0 Å². The van der Waals surface area contributed by atoms with Gasteiger partial charge < -0.3 is 26.4 Å². The highest BCUT2D eigenvalue weighted by Crippen LogP contribution is 2.00. The summed E-state index contributed by atoms with van der Waals surface area (Å²) < 4.78 is 0. The van der Waals surface area contributed by atoms with Gasteiger partial charge in [0.2, 0.25) is 11.8 Å². The maximum Gasteiger partial charge on any atom is 0.326 e. The highest BCUT2D eigenvalue weighted by Gasteiger charge is 2.26. The summed E-state index contributed by atoms with van der Waals surface area (Å²) >= 11 is 0. The molecule has 9 nitrogen and oxygen atoms in total. The second-order valence-electron chi connectivity index (χ2n) is 4.14. The number of nitrogens with zero attached hydrogens (tertiary/aromatic N) is 1. The van der Waals surface area contributed by atoms with Crippen molar-refractivity contribution in [2.45, 2.75) is 18.9 Å². The first-order valence-electron chi connectivity index (χ1n) is 5.73. The van der Waals surface area contributed by atoms with E-state index in [1.807, 2.05) is 0 Å². The molecular formula is C10H16N4O5. The van der Waals surface area contributed by atoms with E-state index < -0.39 is 30.4 Å². The maximum atomic E-state index is 11.8. The molecule has 1 rings (SSSR count). The Kier molecular flexibility index (Phi) is 5.10. The third-order valence-corrected chi connectivity index (χ3v) is 2.55. The summed E-state index contributed by atoms with van der Waals surface area (Å²) in [5.74, 6) is -2.50. The largest absolute Gasteiger partial charge is 0.480 e. The van der Waals surface area contributed by atoms with E-state index in [9.17, 15) is 19.2 Å². The van der Waals surface area contributed by atoms with Crippen molar-refractivity contribution < 1.29 is 24.3 Å². The van der Waals surface area contributed by atoms with E-state index in [4.69, 9.17) is 10.8 Å².